The van der Waals surface area contributed by atoms with Crippen LogP contribution in [-0.2, 0) is 31.2 Å². The summed E-state index contributed by atoms with van der Waals surface area (Å²) in [5.74, 6) is -2.78. The van der Waals surface area contributed by atoms with Crippen LogP contribution in [0.5, 0.6) is 5.75 Å². The molecule has 5 aromatic rings. The summed E-state index contributed by atoms with van der Waals surface area (Å²) < 4.78 is 29.8. The number of rotatable bonds is 11. The number of benzene rings is 4. The Morgan fingerprint density at radius 3 is 2.00 bits per heavy atom. The Labute approximate surface area is 298 Å². The molecular formula is C39H36N2O9S. The largest absolute Gasteiger partial charge is 0.491 e. The highest BCUT2D eigenvalue weighted by molar-refractivity contribution is 7.00. The molecule has 0 fully saturated rings. The molecule has 1 atom stereocenters. The Morgan fingerprint density at radius 2 is 1.43 bits per heavy atom. The van der Waals surface area contributed by atoms with E-state index in [1.807, 2.05) is 13.8 Å². The van der Waals surface area contributed by atoms with Crippen LogP contribution in [0.15, 0.2) is 96.6 Å². The second-order valence-electron chi connectivity index (χ2n) is 11.6. The van der Waals surface area contributed by atoms with Crippen molar-refractivity contribution in [1.29, 1.82) is 0 Å². The Morgan fingerprint density at radius 1 is 0.843 bits per heavy atom. The number of carbonyl (C=O) groups is 4. The summed E-state index contributed by atoms with van der Waals surface area (Å²) in [6, 6.07) is 25.3. The minimum Gasteiger partial charge on any atom is -0.491 e. The molecule has 1 aliphatic rings. The van der Waals surface area contributed by atoms with E-state index in [1.54, 1.807) is 105 Å². The van der Waals surface area contributed by atoms with Gasteiger partial charge in [0, 0.05) is 23.1 Å². The number of ether oxygens (including phenoxy) is 4. The quantitative estimate of drug-likeness (QED) is 0.0884. The Kier molecular flexibility index (Phi) is 11.7. The van der Waals surface area contributed by atoms with Gasteiger partial charge in [-0.15, -0.1) is 0 Å². The molecule has 4 aromatic carbocycles. The number of nitrogens with zero attached hydrogens (tertiary/aromatic N) is 2. The number of fused-ring (bicyclic) bond motifs is 1. The fourth-order valence-corrected chi connectivity index (χ4v) is 5.85. The van der Waals surface area contributed by atoms with E-state index >= 15 is 0 Å². The summed E-state index contributed by atoms with van der Waals surface area (Å²) in [7, 11) is 0. The molecule has 6 rings (SSSR count). The van der Waals surface area contributed by atoms with Gasteiger partial charge in [0.2, 0.25) is 0 Å². The predicted octanol–water partition coefficient (Wildman–Crippen LogP) is 6.73. The van der Waals surface area contributed by atoms with Gasteiger partial charge in [0.1, 0.15) is 23.1 Å². The highest BCUT2D eigenvalue weighted by Gasteiger charge is 2.48. The van der Waals surface area contributed by atoms with Crippen LogP contribution in [0.2, 0.25) is 0 Å². The fraction of sp³-hybridized carbons (Fsp3) is 0.231. The molecule has 0 radical (unpaired) electrons. The standard InChI is InChI=1S/C29H26N2O6S.C10H10O3/c1-4-35-27(32)19-7-5-18(6-8-19)15-23-26(20-9-14-24-25(16-20)31-38-30-24)28(33)37-29(23,34)21-10-12-22(13-11-21)36-17(2)3;1-2-13-10(12)9-5-3-8(7-11)4-6-9/h5-14,16-17,34H,4,15H2,1-3H3;3-7H,2H2,1H3. The first-order chi connectivity index (χ1) is 24.6. The lowest BCUT2D eigenvalue weighted by atomic mass is 9.88. The van der Waals surface area contributed by atoms with Gasteiger partial charge >= 0.3 is 17.9 Å². The van der Waals surface area contributed by atoms with Crippen LogP contribution < -0.4 is 4.74 Å². The van der Waals surface area contributed by atoms with Crippen LogP contribution in [0.3, 0.4) is 0 Å². The Balaban J connectivity index is 0.000000328. The number of carbonyl (C=O) groups excluding carboxylic acids is 4. The smallest absolute Gasteiger partial charge is 0.342 e. The number of esters is 3. The highest BCUT2D eigenvalue weighted by atomic mass is 32.1. The first-order valence-electron chi connectivity index (χ1n) is 16.2. The molecule has 51 heavy (non-hydrogen) atoms. The summed E-state index contributed by atoms with van der Waals surface area (Å²) in [4.78, 5) is 46.8. The maximum atomic E-state index is 13.3. The van der Waals surface area contributed by atoms with Gasteiger partial charge in [0.05, 0.1) is 47.7 Å². The van der Waals surface area contributed by atoms with Crippen LogP contribution in [-0.4, -0.2) is 57.4 Å². The molecule has 2 heterocycles. The molecule has 1 aliphatic heterocycles. The molecule has 0 saturated carbocycles. The van der Waals surface area contributed by atoms with E-state index < -0.39 is 17.7 Å². The fourth-order valence-electron chi connectivity index (χ4n) is 5.33. The van der Waals surface area contributed by atoms with Crippen molar-refractivity contribution >= 4 is 52.5 Å². The molecule has 0 bridgehead atoms. The van der Waals surface area contributed by atoms with E-state index in [-0.39, 0.29) is 30.7 Å². The number of aliphatic hydroxyl groups is 1. The molecule has 1 unspecified atom stereocenters. The third-order valence-corrected chi connectivity index (χ3v) is 8.28. The van der Waals surface area contributed by atoms with Gasteiger partial charge in [0.15, 0.2) is 0 Å². The molecule has 1 N–H and O–H groups in total. The zero-order valence-corrected chi connectivity index (χ0v) is 29.3. The highest BCUT2D eigenvalue weighted by Crippen LogP contribution is 2.45. The van der Waals surface area contributed by atoms with E-state index in [2.05, 4.69) is 8.75 Å². The van der Waals surface area contributed by atoms with E-state index in [0.717, 1.165) is 29.1 Å². The third kappa shape index (κ3) is 8.54. The van der Waals surface area contributed by atoms with E-state index in [1.165, 1.54) is 0 Å². The minimum absolute atomic E-state index is 0.0111. The number of cyclic esters (lactones) is 1. The monoisotopic (exact) mass is 708 g/mol. The van der Waals surface area contributed by atoms with Crippen molar-refractivity contribution in [3.8, 4) is 5.75 Å². The van der Waals surface area contributed by atoms with Crippen LogP contribution in [0, 0.1) is 0 Å². The van der Waals surface area contributed by atoms with Gasteiger partial charge < -0.3 is 24.1 Å². The average Bonchev–Trinajstić information content (AvgIpc) is 3.70. The van der Waals surface area contributed by atoms with Crippen LogP contribution in [0.4, 0.5) is 0 Å². The van der Waals surface area contributed by atoms with Crippen molar-refractivity contribution in [2.75, 3.05) is 13.2 Å². The maximum Gasteiger partial charge on any atom is 0.342 e. The van der Waals surface area contributed by atoms with Crippen molar-refractivity contribution in [2.45, 2.75) is 46.0 Å². The molecule has 12 heteroatoms. The third-order valence-electron chi connectivity index (χ3n) is 7.72. The molecule has 0 amide bonds. The molecule has 1 aromatic heterocycles. The zero-order chi connectivity index (χ0) is 36.5. The SMILES string of the molecule is CCOC(=O)c1ccc(C=O)cc1.CCOC(=O)c1ccc(CC2=C(c3ccc4nsnc4c3)C(=O)OC2(O)c2ccc(OC(C)C)cc2)cc1. The lowest BCUT2D eigenvalue weighted by Crippen LogP contribution is -2.29. The summed E-state index contributed by atoms with van der Waals surface area (Å²) in [6.07, 6.45) is 0.913. The van der Waals surface area contributed by atoms with Gasteiger partial charge in [-0.2, -0.15) is 8.75 Å². The van der Waals surface area contributed by atoms with Gasteiger partial charge in [-0.1, -0.05) is 30.3 Å². The van der Waals surface area contributed by atoms with E-state index in [4.69, 9.17) is 18.9 Å². The summed E-state index contributed by atoms with van der Waals surface area (Å²) >= 11 is 1.09. The van der Waals surface area contributed by atoms with Crippen molar-refractivity contribution in [3.63, 3.8) is 0 Å². The van der Waals surface area contributed by atoms with Crippen molar-refractivity contribution in [1.82, 2.24) is 8.75 Å². The normalized spacial score (nSPS) is 15.2. The number of hydrogen-bond acceptors (Lipinski definition) is 12. The second-order valence-corrected chi connectivity index (χ2v) is 12.1. The first kappa shape index (κ1) is 36.6. The molecule has 11 nitrogen and oxygen atoms in total. The zero-order valence-electron chi connectivity index (χ0n) is 28.5. The average molecular weight is 709 g/mol. The van der Waals surface area contributed by atoms with Crippen LogP contribution >= 0.6 is 11.7 Å². The molecular weight excluding hydrogens is 673 g/mol. The molecule has 0 aliphatic carbocycles. The summed E-state index contributed by atoms with van der Waals surface area (Å²) in [5, 5.41) is 11.9. The van der Waals surface area contributed by atoms with Gasteiger partial charge in [-0.05, 0) is 99.5 Å². The molecule has 0 saturated heterocycles. The molecule has 262 valence electrons. The molecule has 0 spiro atoms. The topological polar surface area (TPSA) is 151 Å². The summed E-state index contributed by atoms with van der Waals surface area (Å²) in [5.41, 5.74) is 5.19. The van der Waals surface area contributed by atoms with E-state index in [9.17, 15) is 24.3 Å². The Bertz CT molecular complexity index is 2050. The van der Waals surface area contributed by atoms with Gasteiger partial charge in [0.25, 0.3) is 5.79 Å². The predicted molar refractivity (Wildman–Crippen MR) is 190 cm³/mol. The number of aromatic nitrogens is 2. The van der Waals surface area contributed by atoms with Crippen LogP contribution in [0.1, 0.15) is 75.5 Å². The maximum absolute atomic E-state index is 13.3. The van der Waals surface area contributed by atoms with Gasteiger partial charge in [-0.25, -0.2) is 14.4 Å². The van der Waals surface area contributed by atoms with E-state index in [0.29, 0.717) is 51.3 Å². The summed E-state index contributed by atoms with van der Waals surface area (Å²) in [6.45, 7) is 7.98. The van der Waals surface area contributed by atoms with Crippen molar-refractivity contribution < 1.29 is 43.2 Å². The van der Waals surface area contributed by atoms with Crippen LogP contribution in [0.25, 0.3) is 16.6 Å². The first-order valence-corrected chi connectivity index (χ1v) is 17.0. The van der Waals surface area contributed by atoms with Gasteiger partial charge in [-0.3, -0.25) is 4.79 Å². The van der Waals surface area contributed by atoms with Crippen molar-refractivity contribution in [3.05, 3.63) is 130 Å². The van der Waals surface area contributed by atoms with Crippen molar-refractivity contribution in [2.24, 2.45) is 0 Å². The second kappa shape index (κ2) is 16.3. The lowest BCUT2D eigenvalue weighted by Gasteiger charge is -2.26. The lowest BCUT2D eigenvalue weighted by molar-refractivity contribution is -0.185. The minimum atomic E-state index is -2.00. The number of aldehydes is 1. The number of hydrogen-bond donors (Lipinski definition) is 1. The Hall–Kier alpha value is -5.72.